The Kier molecular flexibility index (Phi) is 8.85. The van der Waals surface area contributed by atoms with Crippen molar-refractivity contribution in [2.45, 2.75) is 32.6 Å². The largest absolute Gasteiger partial charge is 0.494 e. The molecule has 4 N–H and O–H groups in total. The predicted molar refractivity (Wildman–Crippen MR) is 112 cm³/mol. The molecule has 2 aromatic rings. The molecule has 0 saturated carbocycles. The summed E-state index contributed by atoms with van der Waals surface area (Å²) in [6, 6.07) is 14.7. The summed E-state index contributed by atoms with van der Waals surface area (Å²) >= 11 is 0. The van der Waals surface area contributed by atoms with Crippen molar-refractivity contribution in [2.75, 3.05) is 19.8 Å². The van der Waals surface area contributed by atoms with Crippen molar-refractivity contribution in [2.24, 2.45) is 5.73 Å². The summed E-state index contributed by atoms with van der Waals surface area (Å²) in [6.45, 7) is 3.71. The van der Waals surface area contributed by atoms with Crippen LogP contribution in [0.1, 0.15) is 43.7 Å². The third-order valence-corrected chi connectivity index (χ3v) is 4.15. The molecule has 0 aliphatic rings. The van der Waals surface area contributed by atoms with Crippen LogP contribution < -0.4 is 15.2 Å². The molecule has 0 bridgehead atoms. The normalized spacial score (nSPS) is 10.3. The van der Waals surface area contributed by atoms with Crippen molar-refractivity contribution >= 4 is 11.7 Å². The van der Waals surface area contributed by atoms with Crippen LogP contribution in [0.2, 0.25) is 0 Å². The van der Waals surface area contributed by atoms with E-state index in [1.807, 2.05) is 43.3 Å². The Labute approximate surface area is 166 Å². The smallest absolute Gasteiger partial charge is 0.213 e. The molecule has 0 saturated heterocycles. The van der Waals surface area contributed by atoms with Gasteiger partial charge in [-0.25, -0.2) is 0 Å². The van der Waals surface area contributed by atoms with Gasteiger partial charge in [-0.2, -0.15) is 0 Å². The van der Waals surface area contributed by atoms with Gasteiger partial charge >= 0.3 is 0 Å². The maximum Gasteiger partial charge on any atom is 0.213 e. The lowest BCUT2D eigenvalue weighted by Crippen LogP contribution is -2.10. The molecule has 0 unspecified atom stereocenters. The van der Waals surface area contributed by atoms with Gasteiger partial charge in [0.1, 0.15) is 17.3 Å². The first-order valence-corrected chi connectivity index (χ1v) is 9.62. The third kappa shape index (κ3) is 7.31. The zero-order valence-electron chi connectivity index (χ0n) is 16.4. The Morgan fingerprint density at radius 2 is 1.21 bits per heavy atom. The fourth-order valence-electron chi connectivity index (χ4n) is 2.60. The molecule has 2 aromatic carbocycles. The molecular formula is C22H29N3O3. The van der Waals surface area contributed by atoms with Gasteiger partial charge in [-0.05, 0) is 81.1 Å². The van der Waals surface area contributed by atoms with Gasteiger partial charge in [0, 0.05) is 11.1 Å². The lowest BCUT2D eigenvalue weighted by Gasteiger charge is -2.09. The highest BCUT2D eigenvalue weighted by Crippen LogP contribution is 2.15. The minimum Gasteiger partial charge on any atom is -0.494 e. The van der Waals surface area contributed by atoms with Gasteiger partial charge in [0.05, 0.1) is 19.8 Å². The molecule has 0 fully saturated rings. The summed E-state index contributed by atoms with van der Waals surface area (Å²) in [6.07, 6.45) is 4.14. The molecule has 0 heterocycles. The van der Waals surface area contributed by atoms with E-state index < -0.39 is 0 Å². The second-order valence-corrected chi connectivity index (χ2v) is 6.34. The summed E-state index contributed by atoms with van der Waals surface area (Å²) in [5, 5.41) is 15.1. The highest BCUT2D eigenvalue weighted by molar-refractivity contribution is 5.95. The fourth-order valence-corrected chi connectivity index (χ4v) is 2.60. The lowest BCUT2D eigenvalue weighted by molar-refractivity contribution is 0.287. The van der Waals surface area contributed by atoms with Crippen molar-refractivity contribution in [1.82, 2.24) is 0 Å². The van der Waals surface area contributed by atoms with E-state index in [1.54, 1.807) is 12.1 Å². The van der Waals surface area contributed by atoms with Gasteiger partial charge in [0.2, 0.25) is 5.90 Å². The number of hydrogen-bond acceptors (Lipinski definition) is 5. The topological polar surface area (TPSA) is 101 Å². The number of unbranched alkanes of at least 4 members (excludes halogenated alkanes) is 3. The molecule has 150 valence electrons. The van der Waals surface area contributed by atoms with Crippen LogP contribution in [-0.2, 0) is 4.74 Å². The fraction of sp³-hybridized carbons (Fsp3) is 0.364. The molecule has 6 heteroatoms. The Hall–Kier alpha value is -3.02. The summed E-state index contributed by atoms with van der Waals surface area (Å²) in [5.41, 5.74) is 6.89. The van der Waals surface area contributed by atoms with Gasteiger partial charge in [-0.1, -0.05) is 0 Å². The Bertz CT molecular complexity index is 743. The van der Waals surface area contributed by atoms with E-state index in [2.05, 4.69) is 0 Å². The number of nitrogens with one attached hydrogen (secondary N) is 2. The minimum atomic E-state index is 0.0645. The van der Waals surface area contributed by atoms with Crippen molar-refractivity contribution in [3.8, 4) is 11.5 Å². The molecule has 28 heavy (non-hydrogen) atoms. The van der Waals surface area contributed by atoms with Crippen LogP contribution in [0.5, 0.6) is 11.5 Å². The maximum absolute atomic E-state index is 7.74. The van der Waals surface area contributed by atoms with Gasteiger partial charge < -0.3 is 19.9 Å². The number of rotatable bonds is 12. The van der Waals surface area contributed by atoms with Gasteiger partial charge in [0.25, 0.3) is 0 Å². The highest BCUT2D eigenvalue weighted by Gasteiger charge is 2.02. The Morgan fingerprint density at radius 1 is 0.750 bits per heavy atom. The van der Waals surface area contributed by atoms with E-state index in [1.165, 1.54) is 0 Å². The van der Waals surface area contributed by atoms with E-state index >= 15 is 0 Å². The SMILES string of the molecule is CCOC(=N)c1ccc(OCCCCCCOc2ccc(C(=N)N)cc2)cc1. The number of nitrogens with two attached hydrogens (primary N) is 1. The number of nitrogen functional groups attached to an aromatic ring is 1. The zero-order valence-corrected chi connectivity index (χ0v) is 16.4. The van der Waals surface area contributed by atoms with Crippen molar-refractivity contribution in [3.05, 3.63) is 59.7 Å². The number of amidine groups is 1. The van der Waals surface area contributed by atoms with Gasteiger partial charge in [0.15, 0.2) is 0 Å². The first kappa shape index (κ1) is 21.3. The van der Waals surface area contributed by atoms with E-state index in [9.17, 15) is 0 Å². The van der Waals surface area contributed by atoms with Crippen molar-refractivity contribution in [3.63, 3.8) is 0 Å². The number of benzene rings is 2. The first-order valence-electron chi connectivity index (χ1n) is 9.62. The summed E-state index contributed by atoms with van der Waals surface area (Å²) in [7, 11) is 0. The Morgan fingerprint density at radius 3 is 1.64 bits per heavy atom. The lowest BCUT2D eigenvalue weighted by atomic mass is 10.2. The second-order valence-electron chi connectivity index (χ2n) is 6.34. The van der Waals surface area contributed by atoms with Gasteiger partial charge in [-0.15, -0.1) is 0 Å². The van der Waals surface area contributed by atoms with E-state index in [4.69, 9.17) is 30.8 Å². The molecule has 0 amide bonds. The van der Waals surface area contributed by atoms with Gasteiger partial charge in [-0.3, -0.25) is 10.8 Å². The van der Waals surface area contributed by atoms with Crippen LogP contribution in [0.3, 0.4) is 0 Å². The van der Waals surface area contributed by atoms with E-state index in [0.717, 1.165) is 42.7 Å². The van der Waals surface area contributed by atoms with Crippen molar-refractivity contribution in [1.29, 1.82) is 10.8 Å². The quantitative estimate of drug-likeness (QED) is 0.288. The summed E-state index contributed by atoms with van der Waals surface area (Å²) in [5.74, 6) is 1.86. The number of ether oxygens (including phenoxy) is 3. The van der Waals surface area contributed by atoms with E-state index in [0.29, 0.717) is 25.4 Å². The van der Waals surface area contributed by atoms with Crippen LogP contribution in [0.15, 0.2) is 48.5 Å². The average molecular weight is 383 g/mol. The van der Waals surface area contributed by atoms with Crippen molar-refractivity contribution < 1.29 is 14.2 Å². The predicted octanol–water partition coefficient (Wildman–Crippen LogP) is 4.35. The molecule has 0 spiro atoms. The second kappa shape index (κ2) is 11.6. The van der Waals surface area contributed by atoms with Crippen LogP contribution in [-0.4, -0.2) is 31.6 Å². The molecular weight excluding hydrogens is 354 g/mol. The minimum absolute atomic E-state index is 0.0645. The summed E-state index contributed by atoms with van der Waals surface area (Å²) in [4.78, 5) is 0. The molecule has 6 nitrogen and oxygen atoms in total. The average Bonchev–Trinajstić information content (AvgIpc) is 2.71. The third-order valence-electron chi connectivity index (χ3n) is 4.15. The highest BCUT2D eigenvalue weighted by atomic mass is 16.5. The Balaban J connectivity index is 1.53. The molecule has 0 atom stereocenters. The molecule has 0 aliphatic carbocycles. The monoisotopic (exact) mass is 383 g/mol. The molecule has 0 aromatic heterocycles. The number of hydrogen-bond donors (Lipinski definition) is 3. The van der Waals surface area contributed by atoms with Crippen LogP contribution in [0.25, 0.3) is 0 Å². The first-order chi connectivity index (χ1) is 13.6. The van der Waals surface area contributed by atoms with Crippen LogP contribution >= 0.6 is 0 Å². The van der Waals surface area contributed by atoms with E-state index in [-0.39, 0.29) is 11.7 Å². The molecule has 2 rings (SSSR count). The standard InChI is InChI=1S/C22H29N3O3/c1-2-26-22(25)18-9-13-20(14-10-18)28-16-6-4-3-5-15-27-19-11-7-17(8-12-19)21(23)24/h7-14,25H,2-6,15-16H2,1H3,(H3,23,24). The summed E-state index contributed by atoms with van der Waals surface area (Å²) < 4.78 is 16.6. The molecule has 0 aliphatic heterocycles. The van der Waals surface area contributed by atoms with Crippen LogP contribution in [0.4, 0.5) is 0 Å². The van der Waals surface area contributed by atoms with Crippen LogP contribution in [0, 0.1) is 10.8 Å². The maximum atomic E-state index is 7.74. The molecule has 0 radical (unpaired) electrons. The zero-order chi connectivity index (χ0) is 20.2.